The predicted octanol–water partition coefficient (Wildman–Crippen LogP) is 2.74. The van der Waals surface area contributed by atoms with E-state index >= 15 is 0 Å². The number of nitrogens with one attached hydrogen (secondary N) is 1. The Morgan fingerprint density at radius 2 is 1.79 bits per heavy atom. The van der Waals surface area contributed by atoms with Gasteiger partial charge in [0.15, 0.2) is 6.61 Å². The highest BCUT2D eigenvalue weighted by atomic mass is 32.2. The summed E-state index contributed by atoms with van der Waals surface area (Å²) in [5.74, 6) is -1.27. The molecule has 34 heavy (non-hydrogen) atoms. The number of nitrogens with zero attached hydrogens (tertiary/aromatic N) is 2. The molecule has 0 bridgehead atoms. The molecule has 1 aliphatic heterocycles. The molecule has 1 heterocycles. The van der Waals surface area contributed by atoms with Crippen LogP contribution in [0.25, 0.3) is 0 Å². The van der Waals surface area contributed by atoms with Gasteiger partial charge < -0.3 is 19.7 Å². The number of morpholine rings is 1. The van der Waals surface area contributed by atoms with Gasteiger partial charge in [-0.05, 0) is 63.2 Å². The van der Waals surface area contributed by atoms with Crippen molar-refractivity contribution in [2.75, 3.05) is 49.7 Å². The summed E-state index contributed by atoms with van der Waals surface area (Å²) in [5, 5.41) is 2.69. The number of sulfonamides is 1. The topological polar surface area (TPSA) is 105 Å². The van der Waals surface area contributed by atoms with Gasteiger partial charge in [-0.25, -0.2) is 13.2 Å². The van der Waals surface area contributed by atoms with Crippen molar-refractivity contribution in [2.45, 2.75) is 31.7 Å². The van der Waals surface area contributed by atoms with Gasteiger partial charge in [-0.3, -0.25) is 4.79 Å². The van der Waals surface area contributed by atoms with E-state index in [0.29, 0.717) is 24.9 Å². The first-order valence-electron chi connectivity index (χ1n) is 11.2. The molecule has 3 rings (SSSR count). The van der Waals surface area contributed by atoms with Gasteiger partial charge in [-0.2, -0.15) is 4.31 Å². The van der Waals surface area contributed by atoms with Crippen LogP contribution in [-0.4, -0.2) is 70.1 Å². The zero-order chi connectivity index (χ0) is 24.7. The Morgan fingerprint density at radius 3 is 2.41 bits per heavy atom. The van der Waals surface area contributed by atoms with Gasteiger partial charge in [-0.15, -0.1) is 0 Å². The lowest BCUT2D eigenvalue weighted by molar-refractivity contribution is -0.119. The van der Waals surface area contributed by atoms with Crippen LogP contribution in [0.15, 0.2) is 53.4 Å². The molecule has 0 aromatic heterocycles. The third kappa shape index (κ3) is 6.34. The molecule has 9 nitrogen and oxygen atoms in total. The van der Waals surface area contributed by atoms with Crippen molar-refractivity contribution in [1.29, 1.82) is 0 Å². The van der Waals surface area contributed by atoms with E-state index in [9.17, 15) is 18.0 Å². The maximum Gasteiger partial charge on any atom is 0.338 e. The van der Waals surface area contributed by atoms with Crippen LogP contribution in [0.5, 0.6) is 0 Å². The summed E-state index contributed by atoms with van der Waals surface area (Å²) in [4.78, 5) is 26.9. The van der Waals surface area contributed by atoms with E-state index in [1.807, 2.05) is 12.1 Å². The Labute approximate surface area is 200 Å². The van der Waals surface area contributed by atoms with E-state index in [1.165, 1.54) is 28.6 Å². The molecule has 184 valence electrons. The minimum Gasteiger partial charge on any atom is -0.452 e. The van der Waals surface area contributed by atoms with Crippen molar-refractivity contribution in [1.82, 2.24) is 4.31 Å². The van der Waals surface area contributed by atoms with Crippen molar-refractivity contribution in [2.24, 2.45) is 0 Å². The molecule has 0 spiro atoms. The lowest BCUT2D eigenvalue weighted by Gasteiger charge is -2.27. The highest BCUT2D eigenvalue weighted by Gasteiger charge is 2.27. The second-order valence-electron chi connectivity index (χ2n) is 8.10. The molecule has 10 heteroatoms. The fourth-order valence-electron chi connectivity index (χ4n) is 3.71. The van der Waals surface area contributed by atoms with Gasteiger partial charge in [-0.1, -0.05) is 6.07 Å². The maximum absolute atomic E-state index is 12.8. The normalized spacial score (nSPS) is 14.6. The van der Waals surface area contributed by atoms with Crippen LogP contribution >= 0.6 is 0 Å². The summed E-state index contributed by atoms with van der Waals surface area (Å²) in [7, 11) is -3.74. The van der Waals surface area contributed by atoms with Gasteiger partial charge in [0.25, 0.3) is 5.91 Å². The van der Waals surface area contributed by atoms with Crippen molar-refractivity contribution in [3.8, 4) is 0 Å². The van der Waals surface area contributed by atoms with Crippen LogP contribution in [0.2, 0.25) is 0 Å². The van der Waals surface area contributed by atoms with Gasteiger partial charge in [0.2, 0.25) is 10.0 Å². The third-order valence-electron chi connectivity index (χ3n) is 5.46. The van der Waals surface area contributed by atoms with Crippen LogP contribution < -0.4 is 10.2 Å². The quantitative estimate of drug-likeness (QED) is 0.540. The number of benzene rings is 2. The lowest BCUT2D eigenvalue weighted by Crippen LogP contribution is -2.40. The molecule has 0 unspecified atom stereocenters. The highest BCUT2D eigenvalue weighted by molar-refractivity contribution is 7.89. The maximum atomic E-state index is 12.8. The zero-order valence-electron chi connectivity index (χ0n) is 19.7. The Hall–Kier alpha value is -2.95. The number of ether oxygens (including phenoxy) is 2. The Balaban J connectivity index is 1.57. The molecular formula is C24H31N3O6S. The molecule has 1 amide bonds. The summed E-state index contributed by atoms with van der Waals surface area (Å²) in [6.45, 7) is 7.85. The number of rotatable bonds is 9. The van der Waals surface area contributed by atoms with Crippen LogP contribution in [-0.2, 0) is 24.3 Å². The predicted molar refractivity (Wildman–Crippen MR) is 130 cm³/mol. The van der Waals surface area contributed by atoms with Crippen molar-refractivity contribution in [3.05, 3.63) is 54.1 Å². The summed E-state index contributed by atoms with van der Waals surface area (Å²) < 4.78 is 37.2. The summed E-state index contributed by atoms with van der Waals surface area (Å²) in [5.41, 5.74) is 1.69. The summed E-state index contributed by atoms with van der Waals surface area (Å²) >= 11 is 0. The number of anilines is 2. The molecule has 0 radical (unpaired) electrons. The SMILES string of the molecule is CCN(c1ccc(NC(=O)COC(=O)c2cccc(S(=O)(=O)N3CCOCC3)c2)cc1)C(C)C. The number of amides is 1. The highest BCUT2D eigenvalue weighted by Crippen LogP contribution is 2.21. The van der Waals surface area contributed by atoms with Crippen molar-refractivity contribution < 1.29 is 27.5 Å². The van der Waals surface area contributed by atoms with Crippen LogP contribution in [0.3, 0.4) is 0 Å². The molecule has 2 aromatic rings. The second kappa shape index (κ2) is 11.5. The van der Waals surface area contributed by atoms with Gasteiger partial charge in [0.1, 0.15) is 0 Å². The second-order valence-corrected chi connectivity index (χ2v) is 10.0. The first-order valence-corrected chi connectivity index (χ1v) is 12.7. The molecule has 0 saturated carbocycles. The van der Waals surface area contributed by atoms with Gasteiger partial charge in [0, 0.05) is 37.1 Å². The van der Waals surface area contributed by atoms with Crippen molar-refractivity contribution in [3.63, 3.8) is 0 Å². The third-order valence-corrected chi connectivity index (χ3v) is 7.35. The number of hydrogen-bond acceptors (Lipinski definition) is 7. The molecule has 0 atom stereocenters. The Bertz CT molecular complexity index is 1100. The van der Waals surface area contributed by atoms with Crippen molar-refractivity contribution >= 4 is 33.3 Å². The first kappa shape index (κ1) is 25.7. The van der Waals surface area contributed by atoms with Gasteiger partial charge in [0.05, 0.1) is 23.7 Å². The molecule has 1 N–H and O–H groups in total. The molecule has 1 aliphatic rings. The first-order chi connectivity index (χ1) is 16.2. The van der Waals surface area contributed by atoms with Gasteiger partial charge >= 0.3 is 5.97 Å². The zero-order valence-corrected chi connectivity index (χ0v) is 20.5. The fourth-order valence-corrected chi connectivity index (χ4v) is 5.17. The molecule has 0 aliphatic carbocycles. The van der Waals surface area contributed by atoms with E-state index in [4.69, 9.17) is 9.47 Å². The average Bonchev–Trinajstić information content (AvgIpc) is 2.84. The smallest absolute Gasteiger partial charge is 0.338 e. The molecule has 2 aromatic carbocycles. The van der Waals surface area contributed by atoms with E-state index in [0.717, 1.165) is 12.2 Å². The van der Waals surface area contributed by atoms with E-state index in [-0.39, 0.29) is 23.5 Å². The lowest BCUT2D eigenvalue weighted by atomic mass is 10.2. The summed E-state index contributed by atoms with van der Waals surface area (Å²) in [6.07, 6.45) is 0. The number of hydrogen-bond donors (Lipinski definition) is 1. The number of carbonyl (C=O) groups is 2. The average molecular weight is 490 g/mol. The largest absolute Gasteiger partial charge is 0.452 e. The molecule has 1 saturated heterocycles. The molecule has 1 fully saturated rings. The summed E-state index contributed by atoms with van der Waals surface area (Å²) in [6, 6.07) is 13.4. The van der Waals surface area contributed by atoms with E-state index < -0.39 is 28.5 Å². The minimum atomic E-state index is -3.74. The van der Waals surface area contributed by atoms with E-state index in [1.54, 1.807) is 12.1 Å². The fraction of sp³-hybridized carbons (Fsp3) is 0.417. The van der Waals surface area contributed by atoms with Crippen LogP contribution in [0.4, 0.5) is 11.4 Å². The van der Waals surface area contributed by atoms with E-state index in [2.05, 4.69) is 31.0 Å². The monoisotopic (exact) mass is 489 g/mol. The van der Waals surface area contributed by atoms with Crippen LogP contribution in [0, 0.1) is 0 Å². The number of esters is 1. The Kier molecular flexibility index (Phi) is 8.65. The minimum absolute atomic E-state index is 0.00379. The molecular weight excluding hydrogens is 458 g/mol. The Morgan fingerprint density at radius 1 is 1.12 bits per heavy atom. The van der Waals surface area contributed by atoms with Crippen LogP contribution in [0.1, 0.15) is 31.1 Å². The standard InChI is InChI=1S/C24H31N3O6S/c1-4-27(18(2)3)21-10-8-20(9-11-21)25-23(28)17-33-24(29)19-6-5-7-22(16-19)34(30,31)26-12-14-32-15-13-26/h5-11,16,18H,4,12-15,17H2,1-3H3,(H,25,28). The number of carbonyl (C=O) groups excluding carboxylic acids is 2.